The molecule has 0 bridgehead atoms. The number of benzene rings is 6. The van der Waals surface area contributed by atoms with Crippen LogP contribution < -0.4 is 9.47 Å². The fourth-order valence-electron chi connectivity index (χ4n) is 6.62. The number of fused-ring (bicyclic) bond motifs is 4. The van der Waals surface area contributed by atoms with Gasteiger partial charge in [-0.15, -0.1) is 0 Å². The Morgan fingerprint density at radius 1 is 0.500 bits per heavy atom. The predicted octanol–water partition coefficient (Wildman–Crippen LogP) is 11.7. The van der Waals surface area contributed by atoms with Crippen LogP contribution in [0.15, 0.2) is 84.9 Å². The van der Waals surface area contributed by atoms with Gasteiger partial charge in [-0.3, -0.25) is 0 Å². The van der Waals surface area contributed by atoms with E-state index in [-0.39, 0.29) is 12.2 Å². The van der Waals surface area contributed by atoms with Crippen molar-refractivity contribution in [2.24, 2.45) is 0 Å². The average Bonchev–Trinajstić information content (AvgIpc) is 3.05. The van der Waals surface area contributed by atoms with E-state index in [0.717, 1.165) is 79.9 Å². The molecule has 0 aromatic heterocycles. The first-order chi connectivity index (χ1) is 23.2. The molecule has 6 aromatic rings. The van der Waals surface area contributed by atoms with E-state index < -0.39 is 12.3 Å². The molecule has 0 spiro atoms. The smallest absolute Gasteiger partial charge is 0.431 e. The summed E-state index contributed by atoms with van der Waals surface area (Å²) in [4.78, 5) is 26.0. The molecule has 0 radical (unpaired) electrons. The van der Waals surface area contributed by atoms with E-state index in [0.29, 0.717) is 11.5 Å². The molecule has 0 unspecified atom stereocenters. The van der Waals surface area contributed by atoms with Crippen molar-refractivity contribution in [1.82, 2.24) is 0 Å². The lowest BCUT2D eigenvalue weighted by molar-refractivity contribution is 0.0725. The van der Waals surface area contributed by atoms with Crippen LogP contribution >= 0.6 is 0 Å². The summed E-state index contributed by atoms with van der Waals surface area (Å²) in [7, 11) is 0. The van der Waals surface area contributed by atoms with Gasteiger partial charge in [0.25, 0.3) is 0 Å². The molecule has 6 nitrogen and oxygen atoms in total. The highest BCUT2D eigenvalue weighted by atomic mass is 16.7. The second-order valence-electron chi connectivity index (χ2n) is 12.8. The molecular weight excluding hydrogens is 600 g/mol. The monoisotopic (exact) mass is 642 g/mol. The molecule has 0 aliphatic rings. The average molecular weight is 643 g/mol. The van der Waals surface area contributed by atoms with E-state index >= 15 is 0 Å². The van der Waals surface area contributed by atoms with Gasteiger partial charge >= 0.3 is 12.3 Å². The highest BCUT2D eigenvalue weighted by Crippen LogP contribution is 2.50. The van der Waals surface area contributed by atoms with Crippen molar-refractivity contribution in [2.75, 3.05) is 0 Å². The van der Waals surface area contributed by atoms with Gasteiger partial charge in [0, 0.05) is 21.5 Å². The summed E-state index contributed by atoms with van der Waals surface area (Å²) in [5.41, 5.74) is 4.42. The molecule has 6 rings (SSSR count). The minimum atomic E-state index is -0.739. The Labute approximate surface area is 281 Å². The number of hydrogen-bond donors (Lipinski definition) is 0. The number of aryl methyl sites for hydroxylation is 2. The van der Waals surface area contributed by atoms with Gasteiger partial charge in [0.15, 0.2) is 0 Å². The summed E-state index contributed by atoms with van der Waals surface area (Å²) < 4.78 is 22.9. The first-order valence-corrected chi connectivity index (χ1v) is 16.9. The molecule has 0 atom stereocenters. The highest BCUT2D eigenvalue weighted by Gasteiger charge is 2.25. The van der Waals surface area contributed by atoms with Crippen LogP contribution in [0.25, 0.3) is 54.2 Å². The van der Waals surface area contributed by atoms with E-state index in [4.69, 9.17) is 18.9 Å². The zero-order valence-electron chi connectivity index (χ0n) is 28.5. The van der Waals surface area contributed by atoms with Crippen molar-refractivity contribution in [2.45, 2.75) is 79.4 Å². The van der Waals surface area contributed by atoms with E-state index in [1.165, 1.54) is 11.1 Å². The Morgan fingerprint density at radius 3 is 1.21 bits per heavy atom. The van der Waals surface area contributed by atoms with Crippen LogP contribution in [0.4, 0.5) is 9.59 Å². The van der Waals surface area contributed by atoms with E-state index in [1.807, 2.05) is 36.4 Å². The second kappa shape index (κ2) is 13.9. The Hall–Kier alpha value is -5.10. The third-order valence-corrected chi connectivity index (χ3v) is 8.44. The van der Waals surface area contributed by atoms with Crippen molar-refractivity contribution in [3.8, 4) is 22.6 Å². The molecule has 6 heteroatoms. The van der Waals surface area contributed by atoms with Crippen LogP contribution in [0.1, 0.15) is 65.5 Å². The van der Waals surface area contributed by atoms with Gasteiger partial charge in [-0.2, -0.15) is 0 Å². The number of carbonyl (C=O) groups is 2. The summed E-state index contributed by atoms with van der Waals surface area (Å²) in [6.07, 6.45) is 1.67. The Kier molecular flexibility index (Phi) is 9.54. The third-order valence-electron chi connectivity index (χ3n) is 8.44. The van der Waals surface area contributed by atoms with Crippen LogP contribution in [0.2, 0.25) is 0 Å². The van der Waals surface area contributed by atoms with Gasteiger partial charge in [0.2, 0.25) is 0 Å². The fraction of sp³-hybridized carbons (Fsp3) is 0.286. The summed E-state index contributed by atoms with van der Waals surface area (Å²) in [6.45, 7) is 11.5. The number of rotatable bonds is 9. The van der Waals surface area contributed by atoms with Gasteiger partial charge < -0.3 is 18.9 Å². The SMILES string of the molecule is CCCc1ccc2c(OC(=O)OC(C)C)c3ccccc3c(-c3c4ccccc4c(OC(=O)OC(C)C)c4ccc(CCC)cc34)c2c1. The van der Waals surface area contributed by atoms with Crippen molar-refractivity contribution < 1.29 is 28.5 Å². The van der Waals surface area contributed by atoms with Gasteiger partial charge in [0.1, 0.15) is 11.5 Å². The molecule has 0 saturated heterocycles. The van der Waals surface area contributed by atoms with Crippen LogP contribution in [0, 0.1) is 0 Å². The number of ether oxygens (including phenoxy) is 4. The third kappa shape index (κ3) is 6.40. The van der Waals surface area contributed by atoms with Crippen LogP contribution in [-0.4, -0.2) is 24.5 Å². The quantitative estimate of drug-likeness (QED) is 0.0888. The van der Waals surface area contributed by atoms with Crippen LogP contribution in [0.5, 0.6) is 11.5 Å². The molecule has 0 amide bonds. The molecule has 0 heterocycles. The van der Waals surface area contributed by atoms with Crippen molar-refractivity contribution >= 4 is 55.4 Å². The zero-order valence-corrected chi connectivity index (χ0v) is 28.5. The first kappa shape index (κ1) is 32.8. The second-order valence-corrected chi connectivity index (χ2v) is 12.8. The summed E-state index contributed by atoms with van der Waals surface area (Å²) in [6, 6.07) is 28.8. The molecule has 0 aliphatic carbocycles. The van der Waals surface area contributed by atoms with E-state index in [9.17, 15) is 9.59 Å². The number of hydrogen-bond acceptors (Lipinski definition) is 6. The van der Waals surface area contributed by atoms with Crippen molar-refractivity contribution in [1.29, 1.82) is 0 Å². The normalized spacial score (nSPS) is 11.6. The molecule has 0 N–H and O–H groups in total. The van der Waals surface area contributed by atoms with E-state index in [2.05, 4.69) is 62.4 Å². The topological polar surface area (TPSA) is 71.1 Å². The predicted molar refractivity (Wildman–Crippen MR) is 194 cm³/mol. The zero-order chi connectivity index (χ0) is 33.9. The Bertz CT molecular complexity index is 2010. The highest BCUT2D eigenvalue weighted by molar-refractivity contribution is 6.27. The van der Waals surface area contributed by atoms with E-state index in [1.54, 1.807) is 27.7 Å². The fourth-order valence-corrected chi connectivity index (χ4v) is 6.62. The maximum absolute atomic E-state index is 13.0. The molecular formula is C42H42O6. The van der Waals surface area contributed by atoms with Crippen LogP contribution in [-0.2, 0) is 22.3 Å². The summed E-state index contributed by atoms with van der Waals surface area (Å²) >= 11 is 0. The summed E-state index contributed by atoms with van der Waals surface area (Å²) in [5.74, 6) is 0.935. The maximum atomic E-state index is 13.0. The molecule has 246 valence electrons. The molecule has 6 aromatic carbocycles. The maximum Gasteiger partial charge on any atom is 0.514 e. The minimum absolute atomic E-state index is 0.320. The largest absolute Gasteiger partial charge is 0.514 e. The molecule has 48 heavy (non-hydrogen) atoms. The molecule has 0 saturated carbocycles. The van der Waals surface area contributed by atoms with Gasteiger partial charge in [0.05, 0.1) is 12.2 Å². The van der Waals surface area contributed by atoms with Gasteiger partial charge in [-0.1, -0.05) is 112 Å². The number of carbonyl (C=O) groups excluding carboxylic acids is 2. The summed E-state index contributed by atoms with van der Waals surface area (Å²) in [5, 5.41) is 7.02. The van der Waals surface area contributed by atoms with Crippen LogP contribution in [0.3, 0.4) is 0 Å². The Balaban J connectivity index is 1.78. The lowest BCUT2D eigenvalue weighted by atomic mass is 9.84. The lowest BCUT2D eigenvalue weighted by Gasteiger charge is -2.22. The Morgan fingerprint density at radius 2 is 0.854 bits per heavy atom. The van der Waals surface area contributed by atoms with Crippen molar-refractivity contribution in [3.05, 3.63) is 96.1 Å². The molecule has 0 fully saturated rings. The van der Waals surface area contributed by atoms with Gasteiger partial charge in [-0.25, -0.2) is 9.59 Å². The molecule has 0 aliphatic heterocycles. The first-order valence-electron chi connectivity index (χ1n) is 16.9. The van der Waals surface area contributed by atoms with Gasteiger partial charge in [-0.05, 0) is 84.3 Å². The van der Waals surface area contributed by atoms with Crippen molar-refractivity contribution in [3.63, 3.8) is 0 Å². The standard InChI is InChI=1S/C42H42O6/c1-7-13-27-19-21-33-35(23-27)37(29-15-9-11-17-31(29)39(33)47-41(43)45-25(3)4)38-30-16-10-12-18-32(30)40(48-42(44)46-26(5)6)34-22-20-28(14-8-2)24-36(34)38/h9-12,15-26H,7-8,13-14H2,1-6H3. The minimum Gasteiger partial charge on any atom is -0.431 e. The lowest BCUT2D eigenvalue weighted by Crippen LogP contribution is -2.16.